The minimum atomic E-state index is -0.0374. The van der Waals surface area contributed by atoms with Crippen LogP contribution in [0.25, 0.3) is 11.3 Å². The van der Waals surface area contributed by atoms with Gasteiger partial charge in [0.15, 0.2) is 0 Å². The molecule has 0 N–H and O–H groups in total. The van der Waals surface area contributed by atoms with Crippen molar-refractivity contribution < 1.29 is 4.74 Å². The van der Waals surface area contributed by atoms with Crippen LogP contribution < -0.4 is 10.3 Å². The molecule has 2 aromatic rings. The van der Waals surface area contributed by atoms with Crippen molar-refractivity contribution in [1.82, 2.24) is 4.57 Å². The number of aryl methyl sites for hydroxylation is 1. The summed E-state index contributed by atoms with van der Waals surface area (Å²) < 4.78 is 7.81. The number of thioether (sulfide) groups is 1. The van der Waals surface area contributed by atoms with E-state index < -0.39 is 0 Å². The van der Waals surface area contributed by atoms with E-state index in [0.29, 0.717) is 10.4 Å². The average Bonchev–Trinajstić information content (AvgIpc) is 2.44. The van der Waals surface area contributed by atoms with Crippen LogP contribution in [-0.2, 0) is 7.05 Å². The van der Waals surface area contributed by atoms with Crippen LogP contribution in [0, 0.1) is 6.92 Å². The minimum absolute atomic E-state index is 0.0374. The second-order valence-corrected chi connectivity index (χ2v) is 6.13. The maximum Gasteiger partial charge on any atom is 0.265 e. The van der Waals surface area contributed by atoms with Gasteiger partial charge in [-0.2, -0.15) is 0 Å². The molecule has 20 heavy (non-hydrogen) atoms. The van der Waals surface area contributed by atoms with E-state index in [4.69, 9.17) is 4.74 Å². The number of aromatic nitrogens is 1. The van der Waals surface area contributed by atoms with Crippen LogP contribution in [0.3, 0.4) is 0 Å². The normalized spacial score (nSPS) is 10.6. The Balaban J connectivity index is 2.44. The third-order valence-electron chi connectivity index (χ3n) is 3.08. The molecule has 0 aliphatic rings. The van der Waals surface area contributed by atoms with Crippen LogP contribution in [0.1, 0.15) is 5.56 Å². The highest BCUT2D eigenvalue weighted by atomic mass is 79.9. The van der Waals surface area contributed by atoms with Crippen LogP contribution in [0.2, 0.25) is 0 Å². The molecule has 0 saturated carbocycles. The first kappa shape index (κ1) is 15.2. The summed E-state index contributed by atoms with van der Waals surface area (Å²) in [5.41, 5.74) is 2.98. The third kappa shape index (κ3) is 3.10. The first-order valence-corrected chi connectivity index (χ1v) is 8.31. The number of halogens is 1. The molecule has 0 fully saturated rings. The first-order chi connectivity index (χ1) is 9.54. The van der Waals surface area contributed by atoms with E-state index in [1.807, 2.05) is 37.4 Å². The lowest BCUT2D eigenvalue weighted by molar-refractivity contribution is 0.393. The maximum atomic E-state index is 12.0. The Bertz CT molecular complexity index is 682. The van der Waals surface area contributed by atoms with E-state index >= 15 is 0 Å². The number of ether oxygens (including phenoxy) is 1. The van der Waals surface area contributed by atoms with Crippen LogP contribution in [-0.4, -0.2) is 16.8 Å². The number of hydrogen-bond donors (Lipinski definition) is 0. The number of nitrogens with zero attached hydrogens (tertiary/aromatic N) is 1. The second-order valence-electron chi connectivity index (χ2n) is 4.46. The Morgan fingerprint density at radius 2 is 2.05 bits per heavy atom. The van der Waals surface area contributed by atoms with Gasteiger partial charge >= 0.3 is 0 Å². The van der Waals surface area contributed by atoms with Gasteiger partial charge in [0.2, 0.25) is 0 Å². The molecule has 1 heterocycles. The van der Waals surface area contributed by atoms with Crippen molar-refractivity contribution in [3.63, 3.8) is 0 Å². The van der Waals surface area contributed by atoms with Crippen molar-refractivity contribution in [1.29, 1.82) is 0 Å². The fraction of sp³-hybridized carbons (Fsp3) is 0.267. The van der Waals surface area contributed by atoms with E-state index in [1.165, 1.54) is 0 Å². The van der Waals surface area contributed by atoms with Crippen LogP contribution >= 0.6 is 27.7 Å². The molecule has 1 aromatic carbocycles. The SMILES string of the molecule is CSCOc1ccc(-c2ccc(Br)c(=O)n2C)c(C)c1. The molecule has 1 aromatic heterocycles. The lowest BCUT2D eigenvalue weighted by Crippen LogP contribution is -2.18. The third-order valence-corrected chi connectivity index (χ3v) is 4.03. The molecule has 0 aliphatic heterocycles. The van der Waals surface area contributed by atoms with Crippen molar-refractivity contribution >= 4 is 27.7 Å². The molecule has 0 bridgehead atoms. The lowest BCUT2D eigenvalue weighted by atomic mass is 10.0. The Kier molecular flexibility index (Phi) is 4.94. The van der Waals surface area contributed by atoms with Crippen LogP contribution in [0.4, 0.5) is 0 Å². The molecule has 0 unspecified atom stereocenters. The summed E-state index contributed by atoms with van der Waals surface area (Å²) >= 11 is 4.89. The molecule has 0 atom stereocenters. The Morgan fingerprint density at radius 1 is 1.30 bits per heavy atom. The largest absolute Gasteiger partial charge is 0.483 e. The molecule has 5 heteroatoms. The van der Waals surface area contributed by atoms with E-state index in [-0.39, 0.29) is 5.56 Å². The molecule has 106 valence electrons. The predicted molar refractivity (Wildman–Crippen MR) is 88.6 cm³/mol. The number of rotatable bonds is 4. The zero-order chi connectivity index (χ0) is 14.7. The molecule has 0 aliphatic carbocycles. The Morgan fingerprint density at radius 3 is 2.70 bits per heavy atom. The quantitative estimate of drug-likeness (QED) is 0.782. The number of pyridine rings is 1. The van der Waals surface area contributed by atoms with Gasteiger partial charge in [-0.05, 0) is 65.0 Å². The molecule has 0 saturated heterocycles. The van der Waals surface area contributed by atoms with Gasteiger partial charge in [-0.3, -0.25) is 4.79 Å². The van der Waals surface area contributed by atoms with Crippen molar-refractivity contribution in [2.45, 2.75) is 6.92 Å². The summed E-state index contributed by atoms with van der Waals surface area (Å²) in [6.07, 6.45) is 2.00. The first-order valence-electron chi connectivity index (χ1n) is 6.13. The second kappa shape index (κ2) is 6.50. The molecule has 0 spiro atoms. The van der Waals surface area contributed by atoms with Gasteiger partial charge < -0.3 is 9.30 Å². The fourth-order valence-electron chi connectivity index (χ4n) is 2.02. The maximum absolute atomic E-state index is 12.0. The molecular weight excluding hydrogens is 338 g/mol. The van der Waals surface area contributed by atoms with Gasteiger partial charge in [-0.1, -0.05) is 0 Å². The Hall–Kier alpha value is -1.20. The van der Waals surface area contributed by atoms with Gasteiger partial charge in [-0.15, -0.1) is 11.8 Å². The predicted octanol–water partition coefficient (Wildman–Crippen LogP) is 3.82. The highest BCUT2D eigenvalue weighted by Gasteiger charge is 2.09. The summed E-state index contributed by atoms with van der Waals surface area (Å²) in [6.45, 7) is 2.02. The minimum Gasteiger partial charge on any atom is -0.483 e. The molecular formula is C15H16BrNO2S. The molecule has 0 radical (unpaired) electrons. The summed E-state index contributed by atoms with van der Waals surface area (Å²) in [6, 6.07) is 9.66. The van der Waals surface area contributed by atoms with Crippen molar-refractivity contribution in [3.05, 3.63) is 50.7 Å². The average molecular weight is 354 g/mol. The van der Waals surface area contributed by atoms with Crippen LogP contribution in [0.15, 0.2) is 39.6 Å². The standard InChI is InChI=1S/C15H16BrNO2S/c1-10-8-11(19-9-20-3)4-5-12(10)14-7-6-13(16)15(18)17(14)2/h4-8H,9H2,1-3H3. The summed E-state index contributed by atoms with van der Waals surface area (Å²) in [7, 11) is 1.78. The van der Waals surface area contributed by atoms with Gasteiger partial charge in [-0.25, -0.2) is 0 Å². The van der Waals surface area contributed by atoms with Crippen molar-refractivity contribution in [3.8, 4) is 17.0 Å². The zero-order valence-corrected chi connectivity index (χ0v) is 14.0. The highest BCUT2D eigenvalue weighted by Crippen LogP contribution is 2.26. The Labute approximate surface area is 131 Å². The topological polar surface area (TPSA) is 31.2 Å². The lowest BCUT2D eigenvalue weighted by Gasteiger charge is -2.13. The van der Waals surface area contributed by atoms with Crippen molar-refractivity contribution in [2.75, 3.05) is 12.2 Å². The van der Waals surface area contributed by atoms with E-state index in [2.05, 4.69) is 15.9 Å². The van der Waals surface area contributed by atoms with Gasteiger partial charge in [0.1, 0.15) is 11.7 Å². The van der Waals surface area contributed by atoms with Crippen molar-refractivity contribution in [2.24, 2.45) is 7.05 Å². The van der Waals surface area contributed by atoms with E-state index in [1.54, 1.807) is 29.4 Å². The molecule has 0 amide bonds. The van der Waals surface area contributed by atoms with E-state index in [9.17, 15) is 4.79 Å². The summed E-state index contributed by atoms with van der Waals surface area (Å²) in [4.78, 5) is 12.0. The van der Waals surface area contributed by atoms with Crippen LogP contribution in [0.5, 0.6) is 5.75 Å². The monoisotopic (exact) mass is 353 g/mol. The number of hydrogen-bond acceptors (Lipinski definition) is 3. The zero-order valence-electron chi connectivity index (χ0n) is 11.6. The van der Waals surface area contributed by atoms with Gasteiger partial charge in [0.05, 0.1) is 10.2 Å². The summed E-state index contributed by atoms with van der Waals surface area (Å²) in [5.74, 6) is 1.48. The molecule has 2 rings (SSSR count). The summed E-state index contributed by atoms with van der Waals surface area (Å²) in [5, 5.41) is 0. The number of benzene rings is 1. The smallest absolute Gasteiger partial charge is 0.265 e. The fourth-order valence-corrected chi connectivity index (χ4v) is 2.67. The van der Waals surface area contributed by atoms with E-state index in [0.717, 1.165) is 22.6 Å². The van der Waals surface area contributed by atoms with Gasteiger partial charge in [0, 0.05) is 12.6 Å². The van der Waals surface area contributed by atoms with Gasteiger partial charge in [0.25, 0.3) is 5.56 Å². The molecule has 3 nitrogen and oxygen atoms in total. The highest BCUT2D eigenvalue weighted by molar-refractivity contribution is 9.10.